The lowest BCUT2D eigenvalue weighted by molar-refractivity contribution is -0.122. The molecular formula is C22H24N2O5S2. The Labute approximate surface area is 186 Å². The smallest absolute Gasteiger partial charge is 0.284 e. The summed E-state index contributed by atoms with van der Waals surface area (Å²) in [4.78, 5) is 14.7. The highest BCUT2D eigenvalue weighted by Crippen LogP contribution is 2.36. The van der Waals surface area contributed by atoms with E-state index in [0.717, 1.165) is 23.7 Å². The van der Waals surface area contributed by atoms with Crippen LogP contribution in [0.2, 0.25) is 0 Å². The van der Waals surface area contributed by atoms with Gasteiger partial charge in [-0.15, -0.1) is 4.40 Å². The molecule has 0 spiro atoms. The largest absolute Gasteiger partial charge is 0.497 e. The number of carbonyl (C=O) groups excluding carboxylic acids is 1. The third-order valence-corrected chi connectivity index (χ3v) is 7.16. The molecule has 1 saturated heterocycles. The second-order valence-corrected chi connectivity index (χ2v) is 9.23. The number of hydrogen-bond donors (Lipinski definition) is 0. The molecule has 0 bridgehead atoms. The summed E-state index contributed by atoms with van der Waals surface area (Å²) in [7, 11) is -0.862. The molecule has 1 aliphatic rings. The number of likely N-dealkylation sites (N-methyl/N-ethyl adjacent to an activating group) is 1. The predicted octanol–water partition coefficient (Wildman–Crippen LogP) is 3.95. The van der Waals surface area contributed by atoms with Crippen LogP contribution in [-0.4, -0.2) is 45.2 Å². The fourth-order valence-corrected chi connectivity index (χ4v) is 5.22. The Kier molecular flexibility index (Phi) is 7.07. The first-order valence-corrected chi connectivity index (χ1v) is 12.0. The number of ether oxygens (including phenoxy) is 2. The van der Waals surface area contributed by atoms with Gasteiger partial charge in [0.2, 0.25) is 0 Å². The van der Waals surface area contributed by atoms with Crippen molar-refractivity contribution < 1.29 is 22.7 Å². The molecule has 1 heterocycles. The first-order chi connectivity index (χ1) is 14.8. The summed E-state index contributed by atoms with van der Waals surface area (Å²) in [5.41, 5.74) is 1.71. The summed E-state index contributed by atoms with van der Waals surface area (Å²) in [5.74, 6) is 0.861. The van der Waals surface area contributed by atoms with Crippen LogP contribution in [0.3, 0.4) is 0 Å². The predicted molar refractivity (Wildman–Crippen MR) is 123 cm³/mol. The van der Waals surface area contributed by atoms with Crippen LogP contribution in [0.25, 0.3) is 6.08 Å². The van der Waals surface area contributed by atoms with Crippen LogP contribution in [0, 0.1) is 0 Å². The van der Waals surface area contributed by atoms with E-state index in [0.29, 0.717) is 28.5 Å². The molecule has 0 aliphatic carbocycles. The van der Waals surface area contributed by atoms with Crippen LogP contribution >= 0.6 is 11.8 Å². The molecule has 1 aliphatic heterocycles. The van der Waals surface area contributed by atoms with E-state index < -0.39 is 10.0 Å². The van der Waals surface area contributed by atoms with E-state index >= 15 is 0 Å². The van der Waals surface area contributed by atoms with Gasteiger partial charge in [-0.05, 0) is 61.0 Å². The average Bonchev–Trinajstić information content (AvgIpc) is 3.07. The third kappa shape index (κ3) is 4.94. The maximum Gasteiger partial charge on any atom is 0.284 e. The molecule has 31 heavy (non-hydrogen) atoms. The maximum absolute atomic E-state index is 12.9. The van der Waals surface area contributed by atoms with E-state index in [1.54, 1.807) is 50.4 Å². The normalized spacial score (nSPS) is 16.9. The zero-order valence-corrected chi connectivity index (χ0v) is 19.4. The van der Waals surface area contributed by atoms with E-state index in [9.17, 15) is 13.2 Å². The molecule has 9 heteroatoms. The standard InChI is InChI=1S/C22H24N2O5S2/c1-5-15-7-11-18(12-8-15)31(26,27)23-22-24(6-2)21(25)20(30-22)13-16-9-10-17(28-3)14-19(16)29-4/h7-14H,5-6H2,1-4H3/b20-13-,23-22?. The molecule has 0 saturated carbocycles. The van der Waals surface area contributed by atoms with Gasteiger partial charge in [0.25, 0.3) is 15.9 Å². The van der Waals surface area contributed by atoms with Gasteiger partial charge in [-0.25, -0.2) is 0 Å². The molecule has 0 atom stereocenters. The Hall–Kier alpha value is -2.78. The van der Waals surface area contributed by atoms with E-state index in [1.807, 2.05) is 6.92 Å². The summed E-state index contributed by atoms with van der Waals surface area (Å²) in [5, 5.41) is 0.130. The Morgan fingerprint density at radius 1 is 1.06 bits per heavy atom. The van der Waals surface area contributed by atoms with Crippen LogP contribution in [0.5, 0.6) is 11.5 Å². The van der Waals surface area contributed by atoms with Crippen LogP contribution < -0.4 is 9.47 Å². The van der Waals surface area contributed by atoms with Crippen molar-refractivity contribution in [1.29, 1.82) is 0 Å². The highest BCUT2D eigenvalue weighted by molar-refractivity contribution is 8.19. The van der Waals surface area contributed by atoms with E-state index in [4.69, 9.17) is 9.47 Å². The first-order valence-electron chi connectivity index (χ1n) is 9.70. The summed E-state index contributed by atoms with van der Waals surface area (Å²) in [6.07, 6.45) is 2.48. The van der Waals surface area contributed by atoms with Crippen LogP contribution in [0.1, 0.15) is 25.0 Å². The van der Waals surface area contributed by atoms with Gasteiger partial charge in [0.1, 0.15) is 11.5 Å². The Bertz CT molecular complexity index is 1140. The van der Waals surface area contributed by atoms with E-state index in [2.05, 4.69) is 4.40 Å². The van der Waals surface area contributed by atoms with Gasteiger partial charge in [0.05, 0.1) is 24.0 Å². The Balaban J connectivity index is 1.96. The van der Waals surface area contributed by atoms with Crippen molar-refractivity contribution in [2.45, 2.75) is 25.2 Å². The average molecular weight is 461 g/mol. The molecule has 0 radical (unpaired) electrons. The number of amidine groups is 1. The highest BCUT2D eigenvalue weighted by Gasteiger charge is 2.34. The summed E-state index contributed by atoms with van der Waals surface area (Å²) in [6.45, 7) is 4.06. The molecule has 7 nitrogen and oxygen atoms in total. The van der Waals surface area contributed by atoms with Gasteiger partial charge in [-0.1, -0.05) is 19.1 Å². The van der Waals surface area contributed by atoms with Gasteiger partial charge in [0.15, 0.2) is 5.17 Å². The van der Waals surface area contributed by atoms with Crippen LogP contribution in [0.4, 0.5) is 0 Å². The summed E-state index contributed by atoms with van der Waals surface area (Å²) < 4.78 is 40.1. The molecule has 3 rings (SSSR count). The van der Waals surface area contributed by atoms with Gasteiger partial charge >= 0.3 is 0 Å². The monoisotopic (exact) mass is 460 g/mol. The minimum absolute atomic E-state index is 0.0931. The summed E-state index contributed by atoms with van der Waals surface area (Å²) >= 11 is 1.03. The maximum atomic E-state index is 12.9. The molecule has 2 aromatic carbocycles. The number of nitrogens with zero attached hydrogens (tertiary/aromatic N) is 2. The fourth-order valence-electron chi connectivity index (χ4n) is 2.99. The second kappa shape index (κ2) is 9.57. The number of thioether (sulfide) groups is 1. The molecule has 164 valence electrons. The third-order valence-electron chi connectivity index (χ3n) is 4.76. The quantitative estimate of drug-likeness (QED) is 0.582. The van der Waals surface area contributed by atoms with Crippen molar-refractivity contribution in [3.05, 3.63) is 58.5 Å². The van der Waals surface area contributed by atoms with Gasteiger partial charge in [0, 0.05) is 18.2 Å². The number of benzene rings is 2. The fraction of sp³-hybridized carbons (Fsp3) is 0.273. The van der Waals surface area contributed by atoms with Crippen molar-refractivity contribution in [2.24, 2.45) is 4.40 Å². The lowest BCUT2D eigenvalue weighted by atomic mass is 10.1. The number of sulfonamides is 1. The Morgan fingerprint density at radius 3 is 2.35 bits per heavy atom. The zero-order chi connectivity index (χ0) is 22.6. The van der Waals surface area contributed by atoms with E-state index in [-0.39, 0.29) is 16.0 Å². The molecular weight excluding hydrogens is 436 g/mol. The number of carbonyl (C=O) groups is 1. The number of methoxy groups -OCH3 is 2. The first kappa shape index (κ1) is 22.9. The SMILES string of the molecule is CCc1ccc(S(=O)(=O)N=C2S/C(=C\c3ccc(OC)cc3OC)C(=O)N2CC)cc1. The van der Waals surface area contributed by atoms with Crippen molar-refractivity contribution in [2.75, 3.05) is 20.8 Å². The van der Waals surface area contributed by atoms with Gasteiger partial charge in [-0.3, -0.25) is 9.69 Å². The zero-order valence-electron chi connectivity index (χ0n) is 17.8. The minimum Gasteiger partial charge on any atom is -0.497 e. The van der Waals surface area contributed by atoms with Crippen molar-refractivity contribution >= 4 is 38.9 Å². The molecule has 1 amide bonds. The topological polar surface area (TPSA) is 85.3 Å². The number of aryl methyl sites for hydroxylation is 1. The number of amides is 1. The van der Waals surface area contributed by atoms with Crippen molar-refractivity contribution in [3.8, 4) is 11.5 Å². The number of hydrogen-bond acceptors (Lipinski definition) is 6. The lowest BCUT2D eigenvalue weighted by Gasteiger charge is -2.12. The minimum atomic E-state index is -3.95. The summed E-state index contributed by atoms with van der Waals surface area (Å²) in [6, 6.07) is 11.8. The van der Waals surface area contributed by atoms with Gasteiger partial charge in [-0.2, -0.15) is 8.42 Å². The van der Waals surface area contributed by atoms with Crippen molar-refractivity contribution in [3.63, 3.8) is 0 Å². The van der Waals surface area contributed by atoms with E-state index in [1.165, 1.54) is 24.1 Å². The molecule has 0 aromatic heterocycles. The molecule has 2 aromatic rings. The van der Waals surface area contributed by atoms with Crippen molar-refractivity contribution in [1.82, 2.24) is 4.90 Å². The number of rotatable bonds is 7. The molecule has 0 N–H and O–H groups in total. The lowest BCUT2D eigenvalue weighted by Crippen LogP contribution is -2.29. The Morgan fingerprint density at radius 2 is 1.77 bits per heavy atom. The molecule has 0 unspecified atom stereocenters. The highest BCUT2D eigenvalue weighted by atomic mass is 32.2. The van der Waals surface area contributed by atoms with Gasteiger partial charge < -0.3 is 9.47 Å². The van der Waals surface area contributed by atoms with Crippen LogP contribution in [-0.2, 0) is 21.2 Å². The van der Waals surface area contributed by atoms with Crippen LogP contribution in [0.15, 0.2) is 56.7 Å². The second-order valence-electron chi connectivity index (χ2n) is 6.61. The molecule has 1 fully saturated rings.